The molecule has 0 rings (SSSR count). The second kappa shape index (κ2) is 15.9. The molecule has 0 unspecified atom stereocenters. The number of Topliss-reactive ketones (excluding diaryl/α,β-unsaturated/α-hetero) is 1. The van der Waals surface area contributed by atoms with Gasteiger partial charge in [-0.25, -0.2) is 0 Å². The first-order valence-corrected chi connectivity index (χ1v) is 2.62. The number of hydrogen-bond acceptors (Lipinski definition) is 2. The maximum absolute atomic E-state index is 9.44. The lowest BCUT2D eigenvalue weighted by Gasteiger charge is -1.80. The van der Waals surface area contributed by atoms with Gasteiger partial charge in [0.2, 0.25) is 0 Å². The van der Waals surface area contributed by atoms with E-state index in [9.17, 15) is 4.79 Å². The van der Waals surface area contributed by atoms with Gasteiger partial charge in [0.1, 0.15) is 5.78 Å². The van der Waals surface area contributed by atoms with Crippen LogP contribution in [0.15, 0.2) is 0 Å². The largest absolute Gasteiger partial charge is 0.394 e. The molecule has 0 bridgehead atoms. The summed E-state index contributed by atoms with van der Waals surface area (Å²) in [5.41, 5.74) is 0. The number of aliphatic hydroxyl groups excluding tert-OH is 1. The summed E-state index contributed by atoms with van der Waals surface area (Å²) < 4.78 is 0. The number of carbonyl (C=O) groups excluding carboxylic acids is 1. The second-order valence-electron chi connectivity index (χ2n) is 2.00. The summed E-state index contributed by atoms with van der Waals surface area (Å²) >= 11 is 0. The van der Waals surface area contributed by atoms with Crippen molar-refractivity contribution in [2.75, 3.05) is 0 Å². The minimum Gasteiger partial charge on any atom is -0.394 e. The van der Waals surface area contributed by atoms with Crippen molar-refractivity contribution in [2.24, 2.45) is 0 Å². The molecule has 0 aromatic rings. The SMILES string of the molecule is C.C.CC(C)=O.CC(C)O. The molecule has 0 aliphatic carbocycles. The maximum Gasteiger partial charge on any atom is 0.126 e. The minimum atomic E-state index is -0.167. The van der Waals surface area contributed by atoms with E-state index in [-0.39, 0.29) is 26.7 Å². The molecule has 2 nitrogen and oxygen atoms in total. The van der Waals surface area contributed by atoms with E-state index in [4.69, 9.17) is 5.11 Å². The standard InChI is InChI=1S/C3H8O.C3H6O.2CH4/c2*1-3(2)4;;/h3-4H,1-2H3;1-2H3;2*1H4. The lowest BCUT2D eigenvalue weighted by atomic mass is 10.5. The third-order valence-corrected chi connectivity index (χ3v) is 0. The van der Waals surface area contributed by atoms with Crippen molar-refractivity contribution in [1.82, 2.24) is 0 Å². The molecular weight excluding hydrogens is 128 g/mol. The molecule has 1 N–H and O–H groups in total. The Morgan fingerprint density at radius 2 is 1.20 bits per heavy atom. The topological polar surface area (TPSA) is 37.3 Å². The van der Waals surface area contributed by atoms with E-state index in [1.165, 1.54) is 13.8 Å². The van der Waals surface area contributed by atoms with Gasteiger partial charge in [-0.2, -0.15) is 0 Å². The Kier molecular flexibility index (Phi) is 35.9. The van der Waals surface area contributed by atoms with Crippen molar-refractivity contribution in [2.45, 2.75) is 48.7 Å². The number of aliphatic hydroxyl groups is 1. The Labute approximate surface area is 65.3 Å². The summed E-state index contributed by atoms with van der Waals surface area (Å²) in [6.07, 6.45) is -0.167. The zero-order valence-corrected chi connectivity index (χ0v) is 5.93. The molecule has 0 aliphatic heterocycles. The average Bonchev–Trinajstić information content (AvgIpc) is 1.25. The van der Waals surface area contributed by atoms with Gasteiger partial charge in [-0.1, -0.05) is 14.9 Å². The van der Waals surface area contributed by atoms with Gasteiger partial charge in [0.25, 0.3) is 0 Å². The van der Waals surface area contributed by atoms with Crippen LogP contribution in [0.25, 0.3) is 0 Å². The van der Waals surface area contributed by atoms with Gasteiger partial charge in [-0.15, -0.1) is 0 Å². The van der Waals surface area contributed by atoms with Crippen molar-refractivity contribution < 1.29 is 9.90 Å². The van der Waals surface area contributed by atoms with Crippen molar-refractivity contribution in [3.8, 4) is 0 Å². The maximum atomic E-state index is 9.44. The fourth-order valence-corrected chi connectivity index (χ4v) is 0. The van der Waals surface area contributed by atoms with E-state index in [2.05, 4.69) is 0 Å². The molecular formula is C8H22O2. The molecule has 0 heterocycles. The first-order valence-electron chi connectivity index (χ1n) is 2.62. The van der Waals surface area contributed by atoms with E-state index in [1.54, 1.807) is 13.8 Å². The second-order valence-corrected chi connectivity index (χ2v) is 2.00. The van der Waals surface area contributed by atoms with Crippen LogP contribution in [0.4, 0.5) is 0 Å². The van der Waals surface area contributed by atoms with Crippen molar-refractivity contribution in [3.05, 3.63) is 0 Å². The summed E-state index contributed by atoms with van der Waals surface area (Å²) in [4.78, 5) is 9.44. The van der Waals surface area contributed by atoms with Crippen molar-refractivity contribution in [1.29, 1.82) is 0 Å². The summed E-state index contributed by atoms with van der Waals surface area (Å²) in [5.74, 6) is 0.167. The summed E-state index contributed by atoms with van der Waals surface area (Å²) in [7, 11) is 0. The van der Waals surface area contributed by atoms with Crippen LogP contribution in [-0.2, 0) is 4.79 Å². The highest BCUT2D eigenvalue weighted by molar-refractivity contribution is 5.72. The first-order chi connectivity index (χ1) is 3.46. The fourth-order valence-electron chi connectivity index (χ4n) is 0. The van der Waals surface area contributed by atoms with Crippen LogP contribution in [0.1, 0.15) is 42.5 Å². The van der Waals surface area contributed by atoms with Crippen LogP contribution in [0.2, 0.25) is 0 Å². The lowest BCUT2D eigenvalue weighted by Crippen LogP contribution is -1.85. The molecule has 0 aromatic carbocycles. The number of carbonyl (C=O) groups is 1. The summed E-state index contributed by atoms with van der Waals surface area (Å²) in [6.45, 7) is 6.50. The van der Waals surface area contributed by atoms with Gasteiger partial charge in [0, 0.05) is 6.10 Å². The van der Waals surface area contributed by atoms with E-state index in [0.29, 0.717) is 0 Å². The molecule has 0 aromatic heterocycles. The van der Waals surface area contributed by atoms with Gasteiger partial charge >= 0.3 is 0 Å². The van der Waals surface area contributed by atoms with Crippen LogP contribution in [0, 0.1) is 0 Å². The number of rotatable bonds is 0. The van der Waals surface area contributed by atoms with E-state index in [0.717, 1.165) is 0 Å². The Morgan fingerprint density at radius 3 is 1.20 bits per heavy atom. The van der Waals surface area contributed by atoms with Crippen molar-refractivity contribution in [3.63, 3.8) is 0 Å². The highest BCUT2D eigenvalue weighted by Gasteiger charge is 1.69. The molecule has 0 fully saturated rings. The Bertz CT molecular complexity index is 51.5. The lowest BCUT2D eigenvalue weighted by molar-refractivity contribution is -0.114. The Balaban J connectivity index is -0.0000000300. The molecule has 66 valence electrons. The predicted octanol–water partition coefficient (Wildman–Crippen LogP) is 2.25. The molecule has 0 amide bonds. The van der Waals surface area contributed by atoms with Crippen molar-refractivity contribution >= 4 is 5.78 Å². The van der Waals surface area contributed by atoms with Gasteiger partial charge in [0.05, 0.1) is 0 Å². The number of hydrogen-bond donors (Lipinski definition) is 1. The highest BCUT2D eigenvalue weighted by atomic mass is 16.3. The fraction of sp³-hybridized carbons (Fsp3) is 0.875. The third-order valence-electron chi connectivity index (χ3n) is 0. The number of ketones is 1. The van der Waals surface area contributed by atoms with E-state index < -0.39 is 0 Å². The Hall–Kier alpha value is -0.370. The van der Waals surface area contributed by atoms with Gasteiger partial charge in [-0.3, -0.25) is 0 Å². The first kappa shape index (κ1) is 22.6. The molecule has 0 saturated heterocycles. The summed E-state index contributed by atoms with van der Waals surface area (Å²) in [6, 6.07) is 0. The van der Waals surface area contributed by atoms with Gasteiger partial charge in [0.15, 0.2) is 0 Å². The van der Waals surface area contributed by atoms with E-state index >= 15 is 0 Å². The van der Waals surface area contributed by atoms with Crippen LogP contribution < -0.4 is 0 Å². The Morgan fingerprint density at radius 1 is 1.20 bits per heavy atom. The molecule has 0 atom stereocenters. The molecule has 10 heavy (non-hydrogen) atoms. The van der Waals surface area contributed by atoms with Gasteiger partial charge < -0.3 is 9.90 Å². The summed E-state index contributed by atoms with van der Waals surface area (Å²) in [5, 5.41) is 8.06. The van der Waals surface area contributed by atoms with Crippen LogP contribution in [-0.4, -0.2) is 17.0 Å². The smallest absolute Gasteiger partial charge is 0.126 e. The molecule has 0 radical (unpaired) electrons. The van der Waals surface area contributed by atoms with Crippen LogP contribution >= 0.6 is 0 Å². The average molecular weight is 150 g/mol. The molecule has 0 saturated carbocycles. The van der Waals surface area contributed by atoms with Gasteiger partial charge in [-0.05, 0) is 27.7 Å². The predicted molar refractivity (Wildman–Crippen MR) is 47.2 cm³/mol. The highest BCUT2D eigenvalue weighted by Crippen LogP contribution is 1.65. The van der Waals surface area contributed by atoms with Crippen LogP contribution in [0.5, 0.6) is 0 Å². The normalized spacial score (nSPS) is 6.20. The third kappa shape index (κ3) is 2450. The molecule has 0 aliphatic rings. The van der Waals surface area contributed by atoms with E-state index in [1.807, 2.05) is 0 Å². The molecule has 0 spiro atoms. The quantitative estimate of drug-likeness (QED) is 0.575. The zero-order chi connectivity index (χ0) is 7.15. The molecule has 2 heteroatoms. The monoisotopic (exact) mass is 150 g/mol. The van der Waals surface area contributed by atoms with Crippen LogP contribution in [0.3, 0.4) is 0 Å². The zero-order valence-electron chi connectivity index (χ0n) is 5.93. The minimum absolute atomic E-state index is 0.